The van der Waals surface area contributed by atoms with Gasteiger partial charge in [0.1, 0.15) is 0 Å². The van der Waals surface area contributed by atoms with E-state index in [9.17, 15) is 4.79 Å². The summed E-state index contributed by atoms with van der Waals surface area (Å²) in [5.74, 6) is 2.20. The van der Waals surface area contributed by atoms with Crippen molar-refractivity contribution in [3.05, 3.63) is 35.9 Å². The number of aliphatic imine (C=N–C) groups is 1. The van der Waals surface area contributed by atoms with E-state index in [0.29, 0.717) is 24.8 Å². The lowest BCUT2D eigenvalue weighted by Gasteiger charge is -2.34. The molecule has 25 heavy (non-hydrogen) atoms. The van der Waals surface area contributed by atoms with Gasteiger partial charge in [0.25, 0.3) is 0 Å². The number of carbonyl (C=O) groups excluding carboxylic acids is 1. The number of nitrogens with zero attached hydrogens (tertiary/aromatic N) is 3. The Labute approximate surface area is 155 Å². The summed E-state index contributed by atoms with van der Waals surface area (Å²) in [7, 11) is 3.67. The first-order chi connectivity index (χ1) is 12.1. The maximum Gasteiger partial charge on any atom is 0.224 e. The third-order valence-electron chi connectivity index (χ3n) is 4.42. The molecule has 0 saturated carbocycles. The minimum atomic E-state index is 0.146. The molecule has 0 radical (unpaired) electrons. The predicted octanol–water partition coefficient (Wildman–Crippen LogP) is 2.44. The lowest BCUT2D eigenvalue weighted by Crippen LogP contribution is -2.48. The molecule has 1 aromatic rings. The van der Waals surface area contributed by atoms with Crippen LogP contribution in [0.25, 0.3) is 0 Å². The van der Waals surface area contributed by atoms with Crippen LogP contribution in [0.4, 0.5) is 0 Å². The van der Waals surface area contributed by atoms with Crippen molar-refractivity contribution in [1.82, 2.24) is 15.1 Å². The summed E-state index contributed by atoms with van der Waals surface area (Å²) in [6.07, 6.45) is 1.66. The van der Waals surface area contributed by atoms with Crippen molar-refractivity contribution in [3.63, 3.8) is 0 Å². The van der Waals surface area contributed by atoms with Gasteiger partial charge in [0.15, 0.2) is 5.96 Å². The molecule has 138 valence electrons. The van der Waals surface area contributed by atoms with E-state index in [4.69, 9.17) is 0 Å². The second-order valence-corrected chi connectivity index (χ2v) is 7.71. The number of thioether (sulfide) groups is 1. The smallest absolute Gasteiger partial charge is 0.224 e. The van der Waals surface area contributed by atoms with Gasteiger partial charge >= 0.3 is 0 Å². The van der Waals surface area contributed by atoms with Crippen molar-refractivity contribution < 1.29 is 4.79 Å². The fourth-order valence-electron chi connectivity index (χ4n) is 2.91. The topological polar surface area (TPSA) is 47.9 Å². The number of hydrogen-bond acceptors (Lipinski definition) is 3. The molecule has 6 heteroatoms. The van der Waals surface area contributed by atoms with E-state index in [1.54, 1.807) is 4.90 Å². The van der Waals surface area contributed by atoms with Gasteiger partial charge < -0.3 is 15.1 Å². The zero-order valence-corrected chi connectivity index (χ0v) is 16.4. The summed E-state index contributed by atoms with van der Waals surface area (Å²) in [5, 5.41) is 4.02. The van der Waals surface area contributed by atoms with Crippen LogP contribution in [0.3, 0.4) is 0 Å². The maximum atomic E-state index is 12.3. The second kappa shape index (κ2) is 10.3. The van der Waals surface area contributed by atoms with Gasteiger partial charge in [0.2, 0.25) is 5.91 Å². The number of rotatable bonds is 6. The van der Waals surface area contributed by atoms with E-state index in [1.165, 1.54) is 6.42 Å². The Morgan fingerprint density at radius 2 is 2.16 bits per heavy atom. The molecule has 1 N–H and O–H groups in total. The van der Waals surface area contributed by atoms with E-state index < -0.39 is 0 Å². The van der Waals surface area contributed by atoms with E-state index in [0.717, 1.165) is 30.4 Å². The minimum absolute atomic E-state index is 0.146. The van der Waals surface area contributed by atoms with Crippen molar-refractivity contribution >= 4 is 23.6 Å². The summed E-state index contributed by atoms with van der Waals surface area (Å²) in [4.78, 5) is 20.8. The highest BCUT2D eigenvalue weighted by atomic mass is 32.2. The standard InChI is InChI=1S/C19H30N4OS/c1-4-17-15-23(12-13-25-17)19(20-2)21-11-10-18(24)22(3)14-16-8-6-5-7-9-16/h5-9,17H,4,10-15H2,1-3H3,(H,20,21). The number of benzene rings is 1. The van der Waals surface area contributed by atoms with Crippen molar-refractivity contribution in [2.24, 2.45) is 4.99 Å². The molecule has 1 fully saturated rings. The zero-order valence-electron chi connectivity index (χ0n) is 15.6. The van der Waals surface area contributed by atoms with Crippen LogP contribution < -0.4 is 5.32 Å². The van der Waals surface area contributed by atoms with Gasteiger partial charge in [-0.3, -0.25) is 9.79 Å². The van der Waals surface area contributed by atoms with Crippen LogP contribution in [-0.4, -0.2) is 66.4 Å². The Kier molecular flexibility index (Phi) is 8.12. The minimum Gasteiger partial charge on any atom is -0.356 e. The average Bonchev–Trinajstić information content (AvgIpc) is 2.66. The highest BCUT2D eigenvalue weighted by Crippen LogP contribution is 2.20. The van der Waals surface area contributed by atoms with Crippen molar-refractivity contribution in [1.29, 1.82) is 0 Å². The number of guanidine groups is 1. The molecule has 0 aromatic heterocycles. The molecule has 1 heterocycles. The lowest BCUT2D eigenvalue weighted by atomic mass is 10.2. The zero-order chi connectivity index (χ0) is 18.1. The maximum absolute atomic E-state index is 12.3. The van der Waals surface area contributed by atoms with Crippen LogP contribution in [0, 0.1) is 0 Å². The van der Waals surface area contributed by atoms with Gasteiger partial charge in [0, 0.05) is 57.7 Å². The molecule has 0 bridgehead atoms. The van der Waals surface area contributed by atoms with E-state index in [-0.39, 0.29) is 5.91 Å². The number of hydrogen-bond donors (Lipinski definition) is 1. The Bertz CT molecular complexity index is 564. The molecule has 0 spiro atoms. The molecular weight excluding hydrogens is 332 g/mol. The van der Waals surface area contributed by atoms with Gasteiger partial charge in [0.05, 0.1) is 0 Å². The molecule has 1 aliphatic heterocycles. The highest BCUT2D eigenvalue weighted by molar-refractivity contribution is 8.00. The summed E-state index contributed by atoms with van der Waals surface area (Å²) >= 11 is 2.04. The average molecular weight is 363 g/mol. The molecule has 1 amide bonds. The van der Waals surface area contributed by atoms with Crippen LogP contribution in [0.5, 0.6) is 0 Å². The Balaban J connectivity index is 1.75. The lowest BCUT2D eigenvalue weighted by molar-refractivity contribution is -0.130. The Morgan fingerprint density at radius 1 is 1.40 bits per heavy atom. The quantitative estimate of drug-likeness (QED) is 0.624. The highest BCUT2D eigenvalue weighted by Gasteiger charge is 2.21. The van der Waals surface area contributed by atoms with Crippen molar-refractivity contribution in [2.45, 2.75) is 31.6 Å². The van der Waals surface area contributed by atoms with Crippen molar-refractivity contribution in [2.75, 3.05) is 39.5 Å². The predicted molar refractivity (Wildman–Crippen MR) is 107 cm³/mol. The first kappa shape index (κ1) is 19.6. The van der Waals surface area contributed by atoms with Crippen LogP contribution in [0.2, 0.25) is 0 Å². The second-order valence-electron chi connectivity index (χ2n) is 6.31. The molecule has 2 rings (SSSR count). The summed E-state index contributed by atoms with van der Waals surface area (Å²) in [6.45, 7) is 5.55. The van der Waals surface area contributed by atoms with Gasteiger partial charge in [-0.25, -0.2) is 0 Å². The normalized spacial score (nSPS) is 18.1. The number of nitrogens with one attached hydrogen (secondary N) is 1. The van der Waals surface area contributed by atoms with Gasteiger partial charge in [-0.2, -0.15) is 11.8 Å². The molecule has 1 atom stereocenters. The fraction of sp³-hybridized carbons (Fsp3) is 0.579. The molecule has 1 saturated heterocycles. The molecule has 1 aromatic carbocycles. The molecule has 1 aliphatic rings. The van der Waals surface area contributed by atoms with Crippen LogP contribution in [-0.2, 0) is 11.3 Å². The van der Waals surface area contributed by atoms with Crippen LogP contribution in [0.15, 0.2) is 35.3 Å². The third kappa shape index (κ3) is 6.27. The van der Waals surface area contributed by atoms with Crippen molar-refractivity contribution in [3.8, 4) is 0 Å². The molecular formula is C19H30N4OS. The monoisotopic (exact) mass is 362 g/mol. The van der Waals surface area contributed by atoms with Gasteiger partial charge in [-0.1, -0.05) is 37.3 Å². The van der Waals surface area contributed by atoms with E-state index >= 15 is 0 Å². The van der Waals surface area contributed by atoms with Gasteiger partial charge in [-0.05, 0) is 12.0 Å². The van der Waals surface area contributed by atoms with E-state index in [2.05, 4.69) is 22.1 Å². The summed E-state index contributed by atoms with van der Waals surface area (Å²) in [6, 6.07) is 10.1. The van der Waals surface area contributed by atoms with Crippen LogP contribution in [0.1, 0.15) is 25.3 Å². The summed E-state index contributed by atoms with van der Waals surface area (Å²) in [5.41, 5.74) is 1.15. The van der Waals surface area contributed by atoms with Gasteiger partial charge in [-0.15, -0.1) is 0 Å². The van der Waals surface area contributed by atoms with Crippen LogP contribution >= 0.6 is 11.8 Å². The first-order valence-corrected chi connectivity index (χ1v) is 10.0. The number of amides is 1. The largest absolute Gasteiger partial charge is 0.356 e. The fourth-order valence-corrected chi connectivity index (χ4v) is 4.09. The SMILES string of the molecule is CCC1CN(C(=NC)NCCC(=O)N(C)Cc2ccccc2)CCS1. The Morgan fingerprint density at radius 3 is 2.84 bits per heavy atom. The third-order valence-corrected chi connectivity index (χ3v) is 5.79. The molecule has 5 nitrogen and oxygen atoms in total. The Hall–Kier alpha value is -1.69. The number of carbonyl (C=O) groups is 1. The van der Waals surface area contributed by atoms with E-state index in [1.807, 2.05) is 56.2 Å². The molecule has 0 aliphatic carbocycles. The summed E-state index contributed by atoms with van der Waals surface area (Å²) < 4.78 is 0. The first-order valence-electron chi connectivity index (χ1n) is 8.99. The molecule has 1 unspecified atom stereocenters.